The van der Waals surface area contributed by atoms with Gasteiger partial charge < -0.3 is 10.6 Å². The maximum absolute atomic E-state index is 3.63. The van der Waals surface area contributed by atoms with Crippen LogP contribution in [-0.2, 0) is 0 Å². The Morgan fingerprint density at radius 1 is 1.25 bits per heavy atom. The molecule has 1 fully saturated rings. The van der Waals surface area contributed by atoms with Crippen LogP contribution < -0.4 is 10.6 Å². The van der Waals surface area contributed by atoms with Crippen LogP contribution >= 0.6 is 21.8 Å². The zero-order valence-corrected chi connectivity index (χ0v) is 12.3. The minimum absolute atomic E-state index is 0.599. The quantitative estimate of drug-likeness (QED) is 0.416. The molecular formula is C11H25N3S2. The van der Waals surface area contributed by atoms with Gasteiger partial charge in [-0.3, -0.25) is 0 Å². The molecule has 3 nitrogen and oxygen atoms in total. The zero-order chi connectivity index (χ0) is 11.8. The molecule has 0 aromatic carbocycles. The Bertz CT molecular complexity index is 171. The first-order valence-electron chi connectivity index (χ1n) is 6.15. The van der Waals surface area contributed by atoms with E-state index in [4.69, 9.17) is 0 Å². The van der Waals surface area contributed by atoms with Crippen LogP contribution in [0.15, 0.2) is 0 Å². The molecule has 0 aromatic rings. The van der Waals surface area contributed by atoms with E-state index >= 15 is 0 Å². The molecule has 1 aliphatic heterocycles. The summed E-state index contributed by atoms with van der Waals surface area (Å²) in [4.78, 5) is 0. The third-order valence-corrected chi connectivity index (χ3v) is 4.55. The van der Waals surface area contributed by atoms with Crippen LogP contribution in [0.2, 0.25) is 0 Å². The molecule has 96 valence electrons. The second-order valence-electron chi connectivity index (χ2n) is 4.51. The van der Waals surface area contributed by atoms with E-state index in [1.807, 2.05) is 21.8 Å². The second-order valence-corrected chi connectivity index (χ2v) is 6.95. The highest BCUT2D eigenvalue weighted by atomic mass is 33.1. The summed E-state index contributed by atoms with van der Waals surface area (Å²) in [6.45, 7) is 9.01. The smallest absolute Gasteiger partial charge is 0.0112 e. The lowest BCUT2D eigenvalue weighted by atomic mass is 10.1. The summed E-state index contributed by atoms with van der Waals surface area (Å²) in [6, 6.07) is 1.33. The number of nitrogens with zero attached hydrogens (tertiary/aromatic N) is 1. The van der Waals surface area contributed by atoms with Gasteiger partial charge in [0.1, 0.15) is 0 Å². The zero-order valence-electron chi connectivity index (χ0n) is 10.7. The number of rotatable bonds is 7. The van der Waals surface area contributed by atoms with Crippen molar-refractivity contribution in [2.24, 2.45) is 0 Å². The summed E-state index contributed by atoms with van der Waals surface area (Å²) >= 11 is 0. The van der Waals surface area contributed by atoms with Crippen molar-refractivity contribution in [3.05, 3.63) is 0 Å². The molecule has 2 N–H and O–H groups in total. The van der Waals surface area contributed by atoms with Crippen LogP contribution in [0.3, 0.4) is 0 Å². The Morgan fingerprint density at radius 3 is 2.50 bits per heavy atom. The predicted molar refractivity (Wildman–Crippen MR) is 76.8 cm³/mol. The fraction of sp³-hybridized carbons (Fsp3) is 1.00. The van der Waals surface area contributed by atoms with E-state index < -0.39 is 0 Å². The Hall–Kier alpha value is 0.580. The number of piperidine rings is 1. The fourth-order valence-electron chi connectivity index (χ4n) is 1.88. The third-order valence-electron chi connectivity index (χ3n) is 2.74. The van der Waals surface area contributed by atoms with Crippen molar-refractivity contribution in [3.8, 4) is 0 Å². The SMILES string of the molecule is CSSN1CCC(NCCNC(C)C)CC1. The van der Waals surface area contributed by atoms with Gasteiger partial charge in [0, 0.05) is 38.3 Å². The van der Waals surface area contributed by atoms with Gasteiger partial charge in [0.25, 0.3) is 0 Å². The number of hydrogen-bond acceptors (Lipinski definition) is 5. The Kier molecular flexibility index (Phi) is 7.90. The second kappa shape index (κ2) is 8.64. The van der Waals surface area contributed by atoms with E-state index in [0.29, 0.717) is 6.04 Å². The Labute approximate surface area is 108 Å². The van der Waals surface area contributed by atoms with Crippen LogP contribution in [-0.4, -0.2) is 48.8 Å². The third kappa shape index (κ3) is 6.35. The molecule has 1 heterocycles. The summed E-state index contributed by atoms with van der Waals surface area (Å²) in [6.07, 6.45) is 4.72. The van der Waals surface area contributed by atoms with Crippen molar-refractivity contribution >= 4 is 21.8 Å². The molecule has 0 atom stereocenters. The van der Waals surface area contributed by atoms with E-state index in [-0.39, 0.29) is 0 Å². The monoisotopic (exact) mass is 263 g/mol. The standard InChI is InChI=1S/C11H25N3S2/c1-10(2)12-6-7-13-11-4-8-14(9-5-11)16-15-3/h10-13H,4-9H2,1-3H3. The average molecular weight is 263 g/mol. The average Bonchev–Trinajstić information content (AvgIpc) is 2.27. The Morgan fingerprint density at radius 2 is 1.94 bits per heavy atom. The van der Waals surface area contributed by atoms with E-state index in [9.17, 15) is 0 Å². The van der Waals surface area contributed by atoms with Crippen molar-refractivity contribution in [1.29, 1.82) is 0 Å². The fourth-order valence-corrected chi connectivity index (χ4v) is 3.53. The molecule has 1 aliphatic rings. The van der Waals surface area contributed by atoms with E-state index in [1.54, 1.807) is 0 Å². The van der Waals surface area contributed by atoms with Crippen LogP contribution in [0.1, 0.15) is 26.7 Å². The molecule has 16 heavy (non-hydrogen) atoms. The maximum Gasteiger partial charge on any atom is 0.0112 e. The van der Waals surface area contributed by atoms with Gasteiger partial charge in [-0.2, -0.15) is 0 Å². The normalized spacial score (nSPS) is 19.5. The summed E-state index contributed by atoms with van der Waals surface area (Å²) in [5, 5.41) is 7.07. The summed E-state index contributed by atoms with van der Waals surface area (Å²) < 4.78 is 2.47. The molecule has 1 saturated heterocycles. The molecule has 5 heteroatoms. The molecule has 0 bridgehead atoms. The van der Waals surface area contributed by atoms with Gasteiger partial charge in [-0.25, -0.2) is 4.31 Å². The summed E-state index contributed by atoms with van der Waals surface area (Å²) in [5.74, 6) is 0. The van der Waals surface area contributed by atoms with Crippen LogP contribution in [0.5, 0.6) is 0 Å². The van der Waals surface area contributed by atoms with Crippen LogP contribution in [0, 0.1) is 0 Å². The van der Waals surface area contributed by atoms with Gasteiger partial charge >= 0.3 is 0 Å². The highest BCUT2D eigenvalue weighted by Crippen LogP contribution is 2.26. The molecule has 0 unspecified atom stereocenters. The first-order valence-corrected chi connectivity index (χ1v) is 8.66. The first-order chi connectivity index (χ1) is 7.72. The first kappa shape index (κ1) is 14.6. The summed E-state index contributed by atoms with van der Waals surface area (Å²) in [7, 11) is 3.74. The minimum Gasteiger partial charge on any atom is -0.313 e. The molecule has 0 saturated carbocycles. The van der Waals surface area contributed by atoms with E-state index in [1.165, 1.54) is 25.9 Å². The van der Waals surface area contributed by atoms with Gasteiger partial charge in [-0.1, -0.05) is 24.6 Å². The van der Waals surface area contributed by atoms with Gasteiger partial charge in [-0.15, -0.1) is 0 Å². The predicted octanol–water partition coefficient (Wildman–Crippen LogP) is 1.96. The lowest BCUT2D eigenvalue weighted by molar-refractivity contribution is 0.309. The number of nitrogens with one attached hydrogen (secondary N) is 2. The van der Waals surface area contributed by atoms with Crippen molar-refractivity contribution < 1.29 is 0 Å². The number of hydrogen-bond donors (Lipinski definition) is 2. The molecule has 0 radical (unpaired) electrons. The highest BCUT2D eigenvalue weighted by molar-refractivity contribution is 8.75. The minimum atomic E-state index is 0.599. The largest absolute Gasteiger partial charge is 0.313 e. The van der Waals surface area contributed by atoms with E-state index in [0.717, 1.165) is 19.1 Å². The lowest BCUT2D eigenvalue weighted by Gasteiger charge is -2.30. The van der Waals surface area contributed by atoms with Crippen molar-refractivity contribution in [1.82, 2.24) is 14.9 Å². The molecule has 0 amide bonds. The Balaban J connectivity index is 1.99. The van der Waals surface area contributed by atoms with Crippen LogP contribution in [0.4, 0.5) is 0 Å². The molecule has 0 spiro atoms. The lowest BCUT2D eigenvalue weighted by Crippen LogP contribution is -2.42. The maximum atomic E-state index is 3.63. The highest BCUT2D eigenvalue weighted by Gasteiger charge is 2.18. The van der Waals surface area contributed by atoms with Gasteiger partial charge in [0.2, 0.25) is 0 Å². The van der Waals surface area contributed by atoms with Crippen molar-refractivity contribution in [2.75, 3.05) is 32.4 Å². The van der Waals surface area contributed by atoms with Gasteiger partial charge in [-0.05, 0) is 30.1 Å². The van der Waals surface area contributed by atoms with E-state index in [2.05, 4.69) is 35.0 Å². The van der Waals surface area contributed by atoms with Crippen molar-refractivity contribution in [3.63, 3.8) is 0 Å². The summed E-state index contributed by atoms with van der Waals surface area (Å²) in [5.41, 5.74) is 0. The molecule has 1 rings (SSSR count). The molecule has 0 aromatic heterocycles. The van der Waals surface area contributed by atoms with Crippen molar-refractivity contribution in [2.45, 2.75) is 38.8 Å². The topological polar surface area (TPSA) is 27.3 Å². The van der Waals surface area contributed by atoms with Gasteiger partial charge in [0.05, 0.1) is 0 Å². The molecule has 0 aliphatic carbocycles. The van der Waals surface area contributed by atoms with Crippen LogP contribution in [0.25, 0.3) is 0 Å². The molecular weight excluding hydrogens is 238 g/mol. The van der Waals surface area contributed by atoms with Gasteiger partial charge in [0.15, 0.2) is 0 Å².